The summed E-state index contributed by atoms with van der Waals surface area (Å²) in [6.45, 7) is 4.05. The lowest BCUT2D eigenvalue weighted by molar-refractivity contribution is 0.382. The highest BCUT2D eigenvalue weighted by atomic mass is 14.9. The average Bonchev–Trinajstić information content (AvgIpc) is 2.39. The zero-order valence-corrected chi connectivity index (χ0v) is 9.79. The van der Waals surface area contributed by atoms with E-state index in [1.54, 1.807) is 0 Å². The predicted molar refractivity (Wildman–Crippen MR) is 65.2 cm³/mol. The van der Waals surface area contributed by atoms with Crippen LogP contribution in [0.15, 0.2) is 24.3 Å². The third kappa shape index (κ3) is 1.96. The molecule has 1 aliphatic rings. The van der Waals surface area contributed by atoms with Crippen molar-refractivity contribution in [1.29, 1.82) is 5.26 Å². The van der Waals surface area contributed by atoms with E-state index >= 15 is 0 Å². The molecule has 2 nitrogen and oxygen atoms in total. The minimum absolute atomic E-state index is 0.252. The molecule has 0 aromatic heterocycles. The van der Waals surface area contributed by atoms with Gasteiger partial charge in [-0.3, -0.25) is 0 Å². The highest BCUT2D eigenvalue weighted by molar-refractivity contribution is 5.35. The molecule has 84 valence electrons. The van der Waals surface area contributed by atoms with Gasteiger partial charge in [-0.2, -0.15) is 5.26 Å². The van der Waals surface area contributed by atoms with E-state index in [0.717, 1.165) is 32.4 Å². The number of hydrogen-bond donors (Lipinski definition) is 1. The molecule has 1 heterocycles. The third-order valence-corrected chi connectivity index (χ3v) is 3.59. The van der Waals surface area contributed by atoms with Crippen LogP contribution < -0.4 is 5.32 Å². The van der Waals surface area contributed by atoms with Crippen LogP contribution in [0, 0.1) is 11.3 Å². The molecule has 1 aromatic rings. The lowest BCUT2D eigenvalue weighted by atomic mass is 9.74. The SMILES string of the molecule is CCc1ccc(C2(C#N)CCNCC2)cc1. The maximum atomic E-state index is 9.44. The van der Waals surface area contributed by atoms with Crippen molar-refractivity contribution in [1.82, 2.24) is 5.32 Å². The maximum absolute atomic E-state index is 9.44. The number of aryl methyl sites for hydroxylation is 1. The first-order chi connectivity index (χ1) is 7.80. The zero-order chi connectivity index (χ0) is 11.4. The van der Waals surface area contributed by atoms with E-state index in [1.165, 1.54) is 11.1 Å². The quantitative estimate of drug-likeness (QED) is 0.820. The van der Waals surface area contributed by atoms with E-state index in [9.17, 15) is 5.26 Å². The van der Waals surface area contributed by atoms with Crippen molar-refractivity contribution in [2.24, 2.45) is 0 Å². The Morgan fingerprint density at radius 3 is 2.38 bits per heavy atom. The van der Waals surface area contributed by atoms with Gasteiger partial charge in [0.25, 0.3) is 0 Å². The van der Waals surface area contributed by atoms with Crippen LogP contribution in [0.25, 0.3) is 0 Å². The monoisotopic (exact) mass is 214 g/mol. The summed E-state index contributed by atoms with van der Waals surface area (Å²) in [5.41, 5.74) is 2.27. The van der Waals surface area contributed by atoms with Crippen LogP contribution in [0.1, 0.15) is 30.9 Å². The van der Waals surface area contributed by atoms with Gasteiger partial charge in [0, 0.05) is 0 Å². The second-order valence-corrected chi connectivity index (χ2v) is 4.49. The molecule has 1 saturated heterocycles. The summed E-state index contributed by atoms with van der Waals surface area (Å²) in [5, 5.41) is 12.8. The summed E-state index contributed by atoms with van der Waals surface area (Å²) in [5.74, 6) is 0. The molecule has 0 saturated carbocycles. The minimum Gasteiger partial charge on any atom is -0.317 e. The Morgan fingerprint density at radius 1 is 1.25 bits per heavy atom. The first-order valence-corrected chi connectivity index (χ1v) is 6.02. The van der Waals surface area contributed by atoms with Crippen molar-refractivity contribution in [3.05, 3.63) is 35.4 Å². The van der Waals surface area contributed by atoms with E-state index in [1.807, 2.05) is 0 Å². The topological polar surface area (TPSA) is 35.8 Å². The first kappa shape index (κ1) is 11.2. The molecule has 16 heavy (non-hydrogen) atoms. The van der Waals surface area contributed by atoms with Gasteiger partial charge in [0.1, 0.15) is 0 Å². The summed E-state index contributed by atoms with van der Waals surface area (Å²) >= 11 is 0. The van der Waals surface area contributed by atoms with Crippen LogP contribution in [-0.2, 0) is 11.8 Å². The van der Waals surface area contributed by atoms with E-state index in [2.05, 4.69) is 42.6 Å². The molecule has 0 atom stereocenters. The van der Waals surface area contributed by atoms with Gasteiger partial charge in [-0.25, -0.2) is 0 Å². The molecule has 1 aliphatic heterocycles. The Hall–Kier alpha value is -1.33. The number of piperidine rings is 1. The highest BCUT2D eigenvalue weighted by Crippen LogP contribution is 2.32. The summed E-state index contributed by atoms with van der Waals surface area (Å²) in [4.78, 5) is 0. The van der Waals surface area contributed by atoms with Crippen molar-refractivity contribution in [3.63, 3.8) is 0 Å². The Bertz CT molecular complexity index is 380. The molecule has 0 aliphatic carbocycles. The second kappa shape index (κ2) is 4.67. The molecule has 2 rings (SSSR count). The number of rotatable bonds is 2. The van der Waals surface area contributed by atoms with Crippen LogP contribution in [0.4, 0.5) is 0 Å². The van der Waals surface area contributed by atoms with E-state index in [4.69, 9.17) is 0 Å². The number of nitrogens with one attached hydrogen (secondary N) is 1. The molecule has 0 radical (unpaired) electrons. The van der Waals surface area contributed by atoms with E-state index in [-0.39, 0.29) is 5.41 Å². The van der Waals surface area contributed by atoms with Crippen LogP contribution >= 0.6 is 0 Å². The molecule has 0 unspecified atom stereocenters. The fraction of sp³-hybridized carbons (Fsp3) is 0.500. The van der Waals surface area contributed by atoms with Crippen molar-refractivity contribution < 1.29 is 0 Å². The Labute approximate surface area is 97.3 Å². The number of nitrogens with zero attached hydrogens (tertiary/aromatic N) is 1. The summed E-state index contributed by atoms with van der Waals surface area (Å²) in [6.07, 6.45) is 2.91. The van der Waals surface area contributed by atoms with Crippen LogP contribution in [0.2, 0.25) is 0 Å². The van der Waals surface area contributed by atoms with Crippen LogP contribution in [0.5, 0.6) is 0 Å². The molecule has 1 aromatic carbocycles. The molecule has 0 bridgehead atoms. The summed E-state index contributed by atoms with van der Waals surface area (Å²) < 4.78 is 0. The number of nitriles is 1. The van der Waals surface area contributed by atoms with Crippen molar-refractivity contribution in [2.75, 3.05) is 13.1 Å². The van der Waals surface area contributed by atoms with Gasteiger partial charge in [0.05, 0.1) is 11.5 Å². The first-order valence-electron chi connectivity index (χ1n) is 6.02. The maximum Gasteiger partial charge on any atom is 0.0846 e. The Morgan fingerprint density at radius 2 is 1.88 bits per heavy atom. The van der Waals surface area contributed by atoms with Crippen molar-refractivity contribution >= 4 is 0 Å². The fourth-order valence-corrected chi connectivity index (χ4v) is 2.38. The van der Waals surface area contributed by atoms with Gasteiger partial charge in [0.2, 0.25) is 0 Å². The van der Waals surface area contributed by atoms with Gasteiger partial charge < -0.3 is 5.32 Å². The lowest BCUT2D eigenvalue weighted by Gasteiger charge is -2.31. The molecular formula is C14H18N2. The molecule has 2 heteroatoms. The molecule has 0 amide bonds. The van der Waals surface area contributed by atoms with Crippen LogP contribution in [-0.4, -0.2) is 13.1 Å². The highest BCUT2D eigenvalue weighted by Gasteiger charge is 2.33. The van der Waals surface area contributed by atoms with Gasteiger partial charge in [0.15, 0.2) is 0 Å². The van der Waals surface area contributed by atoms with E-state index < -0.39 is 0 Å². The van der Waals surface area contributed by atoms with Crippen molar-refractivity contribution in [3.8, 4) is 6.07 Å². The lowest BCUT2D eigenvalue weighted by Crippen LogP contribution is -2.38. The van der Waals surface area contributed by atoms with Gasteiger partial charge in [-0.05, 0) is 43.5 Å². The van der Waals surface area contributed by atoms with E-state index in [0.29, 0.717) is 0 Å². The van der Waals surface area contributed by atoms with Crippen molar-refractivity contribution in [2.45, 2.75) is 31.6 Å². The number of hydrogen-bond acceptors (Lipinski definition) is 2. The number of benzene rings is 1. The zero-order valence-electron chi connectivity index (χ0n) is 9.79. The minimum atomic E-state index is -0.252. The standard InChI is InChI=1S/C14H18N2/c1-2-12-3-5-13(6-4-12)14(11-15)7-9-16-10-8-14/h3-6,16H,2,7-10H2,1H3. The summed E-state index contributed by atoms with van der Waals surface area (Å²) in [7, 11) is 0. The Balaban J connectivity index is 2.29. The molecule has 1 N–H and O–H groups in total. The van der Waals surface area contributed by atoms with Gasteiger partial charge in [-0.15, -0.1) is 0 Å². The molecule has 0 spiro atoms. The predicted octanol–water partition coefficient (Wildman–Crippen LogP) is 2.39. The van der Waals surface area contributed by atoms with Gasteiger partial charge in [-0.1, -0.05) is 31.2 Å². The normalized spacial score (nSPS) is 19.0. The largest absolute Gasteiger partial charge is 0.317 e. The average molecular weight is 214 g/mol. The Kier molecular flexibility index (Phi) is 3.26. The van der Waals surface area contributed by atoms with Crippen LogP contribution in [0.3, 0.4) is 0 Å². The fourth-order valence-electron chi connectivity index (χ4n) is 2.38. The smallest absolute Gasteiger partial charge is 0.0846 e. The van der Waals surface area contributed by atoms with Gasteiger partial charge >= 0.3 is 0 Å². The molecular weight excluding hydrogens is 196 g/mol. The molecule has 1 fully saturated rings. The second-order valence-electron chi connectivity index (χ2n) is 4.49. The summed E-state index contributed by atoms with van der Waals surface area (Å²) in [6, 6.07) is 11.1. The third-order valence-electron chi connectivity index (χ3n) is 3.59.